The lowest BCUT2D eigenvalue weighted by molar-refractivity contribution is 0.878. The van der Waals surface area contributed by atoms with Gasteiger partial charge in [-0.25, -0.2) is 15.0 Å². The zero-order valence-electron chi connectivity index (χ0n) is 58.7. The first-order chi connectivity index (χ1) is 47.4. The summed E-state index contributed by atoms with van der Waals surface area (Å²) in [6.45, 7) is 27.7. The molecule has 0 radical (unpaired) electrons. The van der Waals surface area contributed by atoms with E-state index in [9.17, 15) is 0 Å². The first kappa shape index (κ1) is 62.6. The summed E-state index contributed by atoms with van der Waals surface area (Å²) in [5.74, 6) is 3.36. The number of hydrogen-bond donors (Lipinski definition) is 0. The minimum absolute atomic E-state index is 0.977. The molecule has 21 rings (SSSR count). The highest BCUT2D eigenvalue weighted by molar-refractivity contribution is 5.79. The van der Waals surface area contributed by atoms with Gasteiger partial charge >= 0.3 is 0 Å². The molecule has 0 fully saturated rings. The highest BCUT2D eigenvalue weighted by Gasteiger charge is 2.25. The summed E-state index contributed by atoms with van der Waals surface area (Å²) < 4.78 is 24.3. The second-order valence-corrected chi connectivity index (χ2v) is 26.7. The van der Waals surface area contributed by atoms with Gasteiger partial charge in [-0.3, -0.25) is 8.80 Å². The Morgan fingerprint density at radius 1 is 0.327 bits per heavy atom. The van der Waals surface area contributed by atoms with Crippen molar-refractivity contribution in [3.8, 4) is 22.5 Å². The van der Waals surface area contributed by atoms with E-state index in [1.54, 1.807) is 0 Å². The van der Waals surface area contributed by atoms with E-state index in [0.29, 0.717) is 0 Å². The Hall–Kier alpha value is -11.5. The van der Waals surface area contributed by atoms with Gasteiger partial charge in [-0.05, 0) is 212 Å². The molecule has 14 heteroatoms. The molecule has 17 heterocycles. The predicted octanol–water partition coefficient (Wildman–Crippen LogP) is 18.3. The van der Waals surface area contributed by atoms with Gasteiger partial charge in [-0.15, -0.1) is 0 Å². The predicted molar refractivity (Wildman–Crippen MR) is 399 cm³/mol. The Bertz CT molecular complexity index is 5580. The number of fused-ring (bicyclic) bond motifs is 21. The molecule has 2 aliphatic heterocycles. The van der Waals surface area contributed by atoms with Crippen LogP contribution in [0, 0.1) is 90.0 Å². The third kappa shape index (κ3) is 10.8. The lowest BCUT2D eigenvalue weighted by Crippen LogP contribution is -1.94. The smallest absolute Gasteiger partial charge is 0.219 e. The maximum atomic E-state index is 4.57. The summed E-state index contributed by atoms with van der Waals surface area (Å²) in [5.41, 5.74) is 36.5. The number of hydrogen-bond acceptors (Lipinski definition) is 3. The number of nitrogens with zero attached hydrogens (tertiary/aromatic N) is 14. The van der Waals surface area contributed by atoms with Crippen LogP contribution in [0.15, 0.2) is 220 Å². The van der Waals surface area contributed by atoms with Crippen molar-refractivity contribution in [3.05, 3.63) is 327 Å². The van der Waals surface area contributed by atoms with E-state index in [1.807, 2.05) is 25.3 Å². The van der Waals surface area contributed by atoms with Crippen molar-refractivity contribution in [1.82, 2.24) is 63.9 Å². The van der Waals surface area contributed by atoms with E-state index >= 15 is 0 Å². The maximum Gasteiger partial charge on any atom is 0.219 e. The zero-order chi connectivity index (χ0) is 67.9. The van der Waals surface area contributed by atoms with Crippen molar-refractivity contribution in [2.75, 3.05) is 0 Å². The average Bonchev–Trinajstić information content (AvgIpc) is 1.70. The quantitative estimate of drug-likeness (QED) is 0.152. The van der Waals surface area contributed by atoms with Gasteiger partial charge in [0.05, 0.1) is 50.5 Å². The van der Waals surface area contributed by atoms with Crippen LogP contribution in [0.5, 0.6) is 0 Å². The summed E-state index contributed by atoms with van der Waals surface area (Å²) in [6.07, 6.45) is 26.6. The molecule has 15 aromatic heterocycles. The van der Waals surface area contributed by atoms with Crippen LogP contribution < -0.4 is 0 Å². The normalized spacial score (nSPS) is 12.1. The van der Waals surface area contributed by atoms with Crippen LogP contribution in [0.25, 0.3) is 67.3 Å². The molecule has 490 valence electrons. The van der Waals surface area contributed by atoms with E-state index in [2.05, 4.69) is 355 Å². The highest BCUT2D eigenvalue weighted by Crippen LogP contribution is 2.39. The Morgan fingerprint density at radius 2 is 0.765 bits per heavy atom. The Morgan fingerprint density at radius 3 is 1.31 bits per heavy atom. The molecule has 0 unspecified atom stereocenters. The molecular formula is C84H84N14. The van der Waals surface area contributed by atoms with Crippen LogP contribution in [0.4, 0.5) is 0 Å². The Balaban J connectivity index is 0.0000000933. The second kappa shape index (κ2) is 24.9. The van der Waals surface area contributed by atoms with Gasteiger partial charge in [0.1, 0.15) is 28.6 Å². The third-order valence-electron chi connectivity index (χ3n) is 20.7. The Labute approximate surface area is 571 Å². The first-order valence-corrected chi connectivity index (χ1v) is 33.9. The molecule has 18 aromatic rings. The molecule has 0 saturated carbocycles. The van der Waals surface area contributed by atoms with Crippen molar-refractivity contribution < 1.29 is 0 Å². The van der Waals surface area contributed by atoms with Gasteiger partial charge in [0.25, 0.3) is 0 Å². The molecule has 0 saturated heterocycles. The first-order valence-electron chi connectivity index (χ1n) is 33.9. The fraction of sp³-hybridized carbons (Fsp3) is 0.202. The van der Waals surface area contributed by atoms with Crippen molar-refractivity contribution in [2.45, 2.75) is 109 Å². The van der Waals surface area contributed by atoms with Crippen molar-refractivity contribution in [3.63, 3.8) is 0 Å². The van der Waals surface area contributed by atoms with E-state index < -0.39 is 0 Å². The molecule has 14 nitrogen and oxygen atoms in total. The SMILES string of the molecule is Cc1c2c(cn1C)Cc1ccccc1-2.Cc1cc2n(cc3ccccn32)c1C.Cc1cn2cc3ccccn3c2c1C.Cc1cn2cc3ccccn3c2c1C.Cc1nc2n(c1C)-c1ccccc1C2.Cc1nc2n(c1C)-c1ccccc1C2.Cc1nc2n(cc3ccccn32)c1C. The zero-order valence-corrected chi connectivity index (χ0v) is 58.7. The molecule has 0 atom stereocenters. The van der Waals surface area contributed by atoms with Crippen molar-refractivity contribution >= 4 is 44.8 Å². The molecule has 0 bridgehead atoms. The lowest BCUT2D eigenvalue weighted by Gasteiger charge is -2.03. The van der Waals surface area contributed by atoms with Crippen LogP contribution in [-0.4, -0.2) is 63.9 Å². The van der Waals surface area contributed by atoms with Crippen LogP contribution in [0.1, 0.15) is 107 Å². The fourth-order valence-corrected chi connectivity index (χ4v) is 14.6. The number of benzene rings is 3. The Kier molecular flexibility index (Phi) is 15.9. The number of rotatable bonds is 0. The number of imidazole rings is 7. The summed E-state index contributed by atoms with van der Waals surface area (Å²) in [4.78, 5) is 13.7. The third-order valence-corrected chi connectivity index (χ3v) is 20.7. The molecule has 0 spiro atoms. The summed E-state index contributed by atoms with van der Waals surface area (Å²) in [7, 11) is 2.12. The molecule has 3 aromatic carbocycles. The number of pyridine rings is 4. The van der Waals surface area contributed by atoms with E-state index in [-0.39, 0.29) is 0 Å². The van der Waals surface area contributed by atoms with Gasteiger partial charge in [-0.2, -0.15) is 0 Å². The van der Waals surface area contributed by atoms with Crippen LogP contribution in [0.2, 0.25) is 0 Å². The molecule has 1 aliphatic carbocycles. The summed E-state index contributed by atoms with van der Waals surface area (Å²) in [5, 5.41) is 0. The monoisotopic (exact) mass is 1290 g/mol. The number of aryl methyl sites for hydroxylation is 11. The molecule has 3 aliphatic rings. The van der Waals surface area contributed by atoms with Gasteiger partial charge in [0, 0.05) is 129 Å². The molecular weight excluding hydrogens is 1210 g/mol. The van der Waals surface area contributed by atoms with Crippen LogP contribution in [0.3, 0.4) is 0 Å². The number of para-hydroxylation sites is 2. The minimum atomic E-state index is 0.977. The van der Waals surface area contributed by atoms with Gasteiger partial charge in [0.2, 0.25) is 5.78 Å². The fourth-order valence-electron chi connectivity index (χ4n) is 14.6. The average molecular weight is 1290 g/mol. The summed E-state index contributed by atoms with van der Waals surface area (Å²) in [6, 6.07) is 52.9. The number of aromatic nitrogens is 14. The van der Waals surface area contributed by atoms with E-state index in [1.165, 1.54) is 152 Å². The maximum absolute atomic E-state index is 4.57. The van der Waals surface area contributed by atoms with Gasteiger partial charge in [-0.1, -0.05) is 84.9 Å². The molecule has 98 heavy (non-hydrogen) atoms. The van der Waals surface area contributed by atoms with Crippen LogP contribution in [-0.2, 0) is 26.3 Å². The highest BCUT2D eigenvalue weighted by atomic mass is 15.2. The standard InChI is InChI=1S/C13H13N.5C12H12N2.C11H11N3/c1-9-13-11(8-14(9)2)7-10-5-3-4-6-12(10)13;2*1-9-7-13-8-11-5-3-4-6-14(11)12(13)10(9)2;1-9-7-12-13-6-4-3-5-11(13)8-14(12)10(9)2;2*1-8-9(2)14-11-6-4-3-5-10(11)7-12(14)13-8;1-8-9(2)14-7-10-5-3-4-6-13(10)11(14)12-8/h3-6,8H,7H2,1-2H3;3*3-8H,1-2H3;2*3-6H,7H2,1-2H3;3-7H,1-2H3. The van der Waals surface area contributed by atoms with Gasteiger partial charge < -0.3 is 40.1 Å². The van der Waals surface area contributed by atoms with Gasteiger partial charge in [0.15, 0.2) is 0 Å². The molecule has 0 amide bonds. The second-order valence-electron chi connectivity index (χ2n) is 26.7. The molecule has 0 N–H and O–H groups in total. The lowest BCUT2D eigenvalue weighted by atomic mass is 10.1. The van der Waals surface area contributed by atoms with Crippen LogP contribution >= 0.6 is 0 Å². The topological polar surface area (TPSA) is 88.7 Å². The van der Waals surface area contributed by atoms with E-state index in [4.69, 9.17) is 0 Å². The minimum Gasteiger partial charge on any atom is -0.354 e. The van der Waals surface area contributed by atoms with Crippen molar-refractivity contribution in [2.24, 2.45) is 7.05 Å². The van der Waals surface area contributed by atoms with E-state index in [0.717, 1.165) is 42.1 Å². The largest absolute Gasteiger partial charge is 0.354 e. The van der Waals surface area contributed by atoms with Crippen molar-refractivity contribution in [1.29, 1.82) is 0 Å². The summed E-state index contributed by atoms with van der Waals surface area (Å²) >= 11 is 0.